The van der Waals surface area contributed by atoms with Crippen molar-refractivity contribution in [2.75, 3.05) is 27.2 Å². The maximum absolute atomic E-state index is 12.2. The molecule has 0 heterocycles. The first-order valence-corrected chi connectivity index (χ1v) is 8.41. The lowest BCUT2D eigenvalue weighted by atomic mass is 10.1. The minimum Gasteiger partial charge on any atom is -0.458 e. The van der Waals surface area contributed by atoms with Gasteiger partial charge >= 0.3 is 5.97 Å². The highest BCUT2D eigenvalue weighted by Gasteiger charge is 2.26. The van der Waals surface area contributed by atoms with E-state index >= 15 is 0 Å². The average molecular weight is 370 g/mol. The Morgan fingerprint density at radius 3 is 2.23 bits per heavy atom. The molecule has 0 aromatic heterocycles. The molecule has 0 rings (SSSR count). The van der Waals surface area contributed by atoms with Crippen molar-refractivity contribution in [2.45, 2.75) is 51.7 Å². The summed E-state index contributed by atoms with van der Waals surface area (Å²) in [5.41, 5.74) is -0.730. The number of nitrogens with one attached hydrogen (secondary N) is 3. The highest BCUT2D eigenvalue weighted by atomic mass is 16.6. The molecule has 0 fully saturated rings. The Morgan fingerprint density at radius 1 is 1.12 bits per heavy atom. The fraction of sp³-hybridized carbons (Fsp3) is 0.706. The standard InChI is InChI=1S/C17H30N4O5/c1-17(2,3)26-16(25)13(7-6-12(22)10-18)20-14(23)8-9-19-15(24)11-21(4)5/h10,13,18H,6-9,11H2,1-5H3,(H,19,24)(H,20,23)/t13-/m0/s1. The third-order valence-corrected chi connectivity index (χ3v) is 3.00. The van der Waals surface area contributed by atoms with Crippen molar-refractivity contribution in [1.29, 1.82) is 5.41 Å². The van der Waals surface area contributed by atoms with E-state index in [0.29, 0.717) is 6.21 Å². The second-order valence-electron chi connectivity index (χ2n) is 7.14. The maximum atomic E-state index is 12.2. The normalized spacial score (nSPS) is 12.2. The van der Waals surface area contributed by atoms with Crippen LogP contribution in [0.15, 0.2) is 0 Å². The molecule has 9 nitrogen and oxygen atoms in total. The Labute approximate surface area is 154 Å². The van der Waals surface area contributed by atoms with Crippen LogP contribution in [0.5, 0.6) is 0 Å². The topological polar surface area (TPSA) is 129 Å². The molecule has 0 aliphatic carbocycles. The summed E-state index contributed by atoms with van der Waals surface area (Å²) < 4.78 is 5.26. The molecule has 26 heavy (non-hydrogen) atoms. The summed E-state index contributed by atoms with van der Waals surface area (Å²) in [6.07, 6.45) is 0.667. The largest absolute Gasteiger partial charge is 0.458 e. The highest BCUT2D eigenvalue weighted by Crippen LogP contribution is 2.11. The van der Waals surface area contributed by atoms with E-state index in [1.54, 1.807) is 39.8 Å². The van der Waals surface area contributed by atoms with Gasteiger partial charge in [-0.2, -0.15) is 0 Å². The zero-order valence-corrected chi connectivity index (χ0v) is 16.2. The van der Waals surface area contributed by atoms with Gasteiger partial charge in [-0.1, -0.05) is 0 Å². The molecule has 0 aliphatic heterocycles. The molecule has 0 radical (unpaired) electrons. The summed E-state index contributed by atoms with van der Waals surface area (Å²) in [6, 6.07) is -0.983. The van der Waals surface area contributed by atoms with Crippen molar-refractivity contribution >= 4 is 29.8 Å². The van der Waals surface area contributed by atoms with E-state index in [9.17, 15) is 19.2 Å². The number of hydrogen-bond acceptors (Lipinski definition) is 7. The predicted octanol–water partition coefficient (Wildman–Crippen LogP) is -0.120. The first-order valence-electron chi connectivity index (χ1n) is 8.41. The minimum absolute atomic E-state index is 0.00299. The maximum Gasteiger partial charge on any atom is 0.329 e. The van der Waals surface area contributed by atoms with Gasteiger partial charge in [0, 0.05) is 19.4 Å². The molecular formula is C17H30N4O5. The Morgan fingerprint density at radius 2 is 1.73 bits per heavy atom. The van der Waals surface area contributed by atoms with Crippen molar-refractivity contribution in [3.05, 3.63) is 0 Å². The number of ketones is 1. The third-order valence-electron chi connectivity index (χ3n) is 3.00. The summed E-state index contributed by atoms with van der Waals surface area (Å²) in [4.78, 5) is 48.8. The first kappa shape index (κ1) is 23.7. The lowest BCUT2D eigenvalue weighted by molar-refractivity contribution is -0.158. The Hall–Kier alpha value is -2.29. The predicted molar refractivity (Wildman–Crippen MR) is 97.0 cm³/mol. The van der Waals surface area contributed by atoms with Crippen LogP contribution in [0.25, 0.3) is 0 Å². The minimum atomic E-state index is -0.983. The molecule has 0 aromatic rings. The van der Waals surface area contributed by atoms with Crippen LogP contribution < -0.4 is 10.6 Å². The number of esters is 1. The van der Waals surface area contributed by atoms with Crippen LogP contribution in [0.3, 0.4) is 0 Å². The molecule has 148 valence electrons. The fourth-order valence-electron chi connectivity index (χ4n) is 1.91. The smallest absolute Gasteiger partial charge is 0.329 e. The summed E-state index contributed by atoms with van der Waals surface area (Å²) in [5.74, 6) is -1.72. The fourth-order valence-corrected chi connectivity index (χ4v) is 1.91. The SMILES string of the molecule is CN(C)CC(=O)NCCC(=O)N[C@@H](CCC(=O)C=N)C(=O)OC(C)(C)C. The summed E-state index contributed by atoms with van der Waals surface area (Å²) in [6.45, 7) is 5.46. The van der Waals surface area contributed by atoms with Crippen LogP contribution >= 0.6 is 0 Å². The second-order valence-corrected chi connectivity index (χ2v) is 7.14. The lowest BCUT2D eigenvalue weighted by Gasteiger charge is -2.24. The van der Waals surface area contributed by atoms with Gasteiger partial charge in [-0.25, -0.2) is 4.79 Å². The van der Waals surface area contributed by atoms with Gasteiger partial charge in [-0.15, -0.1) is 0 Å². The van der Waals surface area contributed by atoms with E-state index in [2.05, 4.69) is 10.6 Å². The average Bonchev–Trinajstić information content (AvgIpc) is 2.48. The van der Waals surface area contributed by atoms with Gasteiger partial charge in [-0.3, -0.25) is 14.4 Å². The van der Waals surface area contributed by atoms with Gasteiger partial charge in [0.25, 0.3) is 0 Å². The number of carbonyl (C=O) groups excluding carboxylic acids is 4. The molecular weight excluding hydrogens is 340 g/mol. The number of rotatable bonds is 11. The molecule has 0 spiro atoms. The number of Topliss-reactive ketones (excluding diaryl/α,β-unsaturated/α-hetero) is 1. The summed E-state index contributed by atoms with van der Waals surface area (Å²) in [7, 11) is 3.51. The molecule has 0 saturated heterocycles. The Bertz CT molecular complexity index is 526. The van der Waals surface area contributed by atoms with Crippen molar-refractivity contribution in [3.8, 4) is 0 Å². The van der Waals surface area contributed by atoms with Crippen molar-refractivity contribution in [3.63, 3.8) is 0 Å². The number of nitrogens with zero attached hydrogens (tertiary/aromatic N) is 1. The van der Waals surface area contributed by atoms with Crippen molar-refractivity contribution in [1.82, 2.24) is 15.5 Å². The second kappa shape index (κ2) is 11.3. The molecule has 2 amide bonds. The van der Waals surface area contributed by atoms with Gasteiger partial charge in [0.1, 0.15) is 11.6 Å². The van der Waals surface area contributed by atoms with Gasteiger partial charge in [-0.05, 0) is 41.3 Å². The van der Waals surface area contributed by atoms with Crippen LogP contribution in [0, 0.1) is 5.41 Å². The van der Waals surface area contributed by atoms with E-state index in [0.717, 1.165) is 0 Å². The lowest BCUT2D eigenvalue weighted by Crippen LogP contribution is -2.45. The first-order chi connectivity index (χ1) is 11.9. The van der Waals surface area contributed by atoms with E-state index in [1.165, 1.54) is 0 Å². The van der Waals surface area contributed by atoms with E-state index in [4.69, 9.17) is 10.1 Å². The summed E-state index contributed by atoms with van der Waals surface area (Å²) in [5, 5.41) is 12.0. The zero-order valence-electron chi connectivity index (χ0n) is 16.2. The number of hydrogen-bond donors (Lipinski definition) is 3. The third kappa shape index (κ3) is 12.1. The van der Waals surface area contributed by atoms with Crippen molar-refractivity contribution < 1.29 is 23.9 Å². The molecule has 1 atom stereocenters. The van der Waals surface area contributed by atoms with Crippen molar-refractivity contribution in [2.24, 2.45) is 0 Å². The summed E-state index contributed by atoms with van der Waals surface area (Å²) >= 11 is 0. The highest BCUT2D eigenvalue weighted by molar-refractivity contribution is 6.26. The van der Waals surface area contributed by atoms with Gasteiger partial charge in [0.05, 0.1) is 12.8 Å². The molecule has 0 aromatic carbocycles. The molecule has 0 unspecified atom stereocenters. The Balaban J connectivity index is 4.61. The zero-order chi connectivity index (χ0) is 20.3. The van der Waals surface area contributed by atoms with Crippen LogP contribution in [0.4, 0.5) is 0 Å². The number of amides is 2. The van der Waals surface area contributed by atoms with E-state index in [-0.39, 0.29) is 38.3 Å². The monoisotopic (exact) mass is 370 g/mol. The quantitative estimate of drug-likeness (QED) is 0.343. The van der Waals surface area contributed by atoms with Gasteiger partial charge in [0.2, 0.25) is 11.8 Å². The molecule has 0 saturated carbocycles. The van der Waals surface area contributed by atoms with Crippen LogP contribution in [-0.2, 0) is 23.9 Å². The number of carbonyl (C=O) groups is 4. The molecule has 9 heteroatoms. The van der Waals surface area contributed by atoms with Crippen LogP contribution in [0.1, 0.15) is 40.0 Å². The number of ether oxygens (including phenoxy) is 1. The van der Waals surface area contributed by atoms with E-state index in [1.807, 2.05) is 0 Å². The molecule has 0 aliphatic rings. The molecule has 3 N–H and O–H groups in total. The van der Waals surface area contributed by atoms with Gasteiger partial charge in [0.15, 0.2) is 5.78 Å². The van der Waals surface area contributed by atoms with Crippen LogP contribution in [0.2, 0.25) is 0 Å². The Kier molecular flexibility index (Phi) is 10.3. The number of likely N-dealkylation sites (N-methyl/N-ethyl adjacent to an activating group) is 1. The van der Waals surface area contributed by atoms with E-state index < -0.39 is 29.3 Å². The van der Waals surface area contributed by atoms with Gasteiger partial charge < -0.3 is 25.7 Å². The van der Waals surface area contributed by atoms with Crippen LogP contribution in [-0.4, -0.2) is 73.5 Å². The molecule has 0 bridgehead atoms.